The third-order valence-electron chi connectivity index (χ3n) is 2.50. The van der Waals surface area contributed by atoms with Gasteiger partial charge in [-0.05, 0) is 50.5 Å². The van der Waals surface area contributed by atoms with E-state index in [-0.39, 0.29) is 5.54 Å². The number of ether oxygens (including phenoxy) is 1. The predicted octanol–water partition coefficient (Wildman–Crippen LogP) is 3.27. The summed E-state index contributed by atoms with van der Waals surface area (Å²) >= 11 is 3.56. The van der Waals surface area contributed by atoms with Crippen LogP contribution in [0.2, 0.25) is 0 Å². The highest BCUT2D eigenvalue weighted by molar-refractivity contribution is 9.10. The molecule has 0 bridgehead atoms. The molecule has 0 aromatic heterocycles. The van der Waals surface area contributed by atoms with E-state index in [1.807, 2.05) is 27.7 Å². The van der Waals surface area contributed by atoms with Crippen LogP contribution in [0.1, 0.15) is 30.5 Å². The van der Waals surface area contributed by atoms with Crippen LogP contribution < -0.4 is 10.5 Å². The molecule has 0 saturated heterocycles. The molecule has 84 valence electrons. The molecule has 0 spiro atoms. The Kier molecular flexibility index (Phi) is 3.46. The summed E-state index contributed by atoms with van der Waals surface area (Å²) < 4.78 is 6.44. The van der Waals surface area contributed by atoms with E-state index < -0.39 is 0 Å². The average Bonchev–Trinajstić information content (AvgIpc) is 2.00. The summed E-state index contributed by atoms with van der Waals surface area (Å²) in [7, 11) is 1.69. The van der Waals surface area contributed by atoms with Gasteiger partial charge in [-0.25, -0.2) is 0 Å². The molecule has 1 aromatic carbocycles. The molecule has 2 N–H and O–H groups in total. The molecule has 0 aliphatic carbocycles. The van der Waals surface area contributed by atoms with Crippen molar-refractivity contribution in [2.24, 2.45) is 5.73 Å². The van der Waals surface area contributed by atoms with E-state index in [1.165, 1.54) is 0 Å². The molecule has 2 nitrogen and oxygen atoms in total. The fourth-order valence-electron chi connectivity index (χ4n) is 2.02. The lowest BCUT2D eigenvalue weighted by molar-refractivity contribution is 0.405. The predicted molar refractivity (Wildman–Crippen MR) is 67.4 cm³/mol. The highest BCUT2D eigenvalue weighted by Gasteiger charge is 2.23. The molecular formula is C12H18BrNO. The van der Waals surface area contributed by atoms with E-state index in [0.29, 0.717) is 0 Å². The highest BCUT2D eigenvalue weighted by Crippen LogP contribution is 2.36. The Bertz CT molecular complexity index is 380. The SMILES string of the molecule is COc1c(C)cc(Br)c(C(C)(C)N)c1C. The lowest BCUT2D eigenvalue weighted by atomic mass is 9.90. The maximum absolute atomic E-state index is 6.15. The van der Waals surface area contributed by atoms with Gasteiger partial charge in [0.25, 0.3) is 0 Å². The van der Waals surface area contributed by atoms with Crippen molar-refractivity contribution < 1.29 is 4.74 Å². The molecule has 1 rings (SSSR count). The molecule has 0 unspecified atom stereocenters. The minimum Gasteiger partial charge on any atom is -0.496 e. The van der Waals surface area contributed by atoms with Crippen LogP contribution in [0.5, 0.6) is 5.75 Å². The van der Waals surface area contributed by atoms with E-state index in [1.54, 1.807) is 7.11 Å². The quantitative estimate of drug-likeness (QED) is 0.896. The average molecular weight is 272 g/mol. The smallest absolute Gasteiger partial charge is 0.125 e. The van der Waals surface area contributed by atoms with Gasteiger partial charge < -0.3 is 10.5 Å². The number of hydrogen-bond donors (Lipinski definition) is 1. The summed E-state index contributed by atoms with van der Waals surface area (Å²) in [5.41, 5.74) is 9.11. The molecule has 0 fully saturated rings. The largest absolute Gasteiger partial charge is 0.496 e. The van der Waals surface area contributed by atoms with E-state index in [2.05, 4.69) is 22.0 Å². The zero-order valence-corrected chi connectivity index (χ0v) is 11.5. The maximum Gasteiger partial charge on any atom is 0.125 e. The van der Waals surface area contributed by atoms with Crippen LogP contribution in [-0.4, -0.2) is 7.11 Å². The fraction of sp³-hybridized carbons (Fsp3) is 0.500. The van der Waals surface area contributed by atoms with Crippen LogP contribution in [0, 0.1) is 13.8 Å². The van der Waals surface area contributed by atoms with Crippen LogP contribution in [0.3, 0.4) is 0 Å². The molecule has 0 radical (unpaired) electrons. The first-order chi connectivity index (χ1) is 6.79. The maximum atomic E-state index is 6.15. The number of halogens is 1. The van der Waals surface area contributed by atoms with Crippen molar-refractivity contribution in [3.8, 4) is 5.75 Å². The summed E-state index contributed by atoms with van der Waals surface area (Å²) in [5.74, 6) is 0.923. The van der Waals surface area contributed by atoms with Crippen molar-refractivity contribution in [2.45, 2.75) is 33.2 Å². The van der Waals surface area contributed by atoms with Gasteiger partial charge in [0, 0.05) is 10.0 Å². The number of rotatable bonds is 2. The van der Waals surface area contributed by atoms with Crippen LogP contribution in [0.4, 0.5) is 0 Å². The Morgan fingerprint density at radius 2 is 1.87 bits per heavy atom. The van der Waals surface area contributed by atoms with Gasteiger partial charge in [0.1, 0.15) is 5.75 Å². The first kappa shape index (κ1) is 12.5. The summed E-state index contributed by atoms with van der Waals surface area (Å²) in [6, 6.07) is 2.05. The van der Waals surface area contributed by atoms with Crippen molar-refractivity contribution in [3.05, 3.63) is 27.2 Å². The molecule has 15 heavy (non-hydrogen) atoms. The van der Waals surface area contributed by atoms with Crippen molar-refractivity contribution in [1.82, 2.24) is 0 Å². The topological polar surface area (TPSA) is 35.2 Å². The summed E-state index contributed by atoms with van der Waals surface area (Å²) in [6.07, 6.45) is 0. The Balaban J connectivity index is 3.53. The molecule has 0 atom stereocenters. The number of benzene rings is 1. The van der Waals surface area contributed by atoms with Gasteiger partial charge >= 0.3 is 0 Å². The van der Waals surface area contributed by atoms with Crippen molar-refractivity contribution >= 4 is 15.9 Å². The Hall–Kier alpha value is -0.540. The van der Waals surface area contributed by atoms with Gasteiger partial charge in [0.2, 0.25) is 0 Å². The summed E-state index contributed by atoms with van der Waals surface area (Å²) in [5, 5.41) is 0. The van der Waals surface area contributed by atoms with Gasteiger partial charge in [-0.3, -0.25) is 0 Å². The lowest BCUT2D eigenvalue weighted by Crippen LogP contribution is -2.30. The number of aryl methyl sites for hydroxylation is 1. The van der Waals surface area contributed by atoms with Crippen molar-refractivity contribution in [3.63, 3.8) is 0 Å². The molecule has 0 aliphatic heterocycles. The highest BCUT2D eigenvalue weighted by atomic mass is 79.9. The normalized spacial score (nSPS) is 11.7. The third kappa shape index (κ3) is 2.34. The van der Waals surface area contributed by atoms with Crippen molar-refractivity contribution in [1.29, 1.82) is 0 Å². The van der Waals surface area contributed by atoms with Gasteiger partial charge in [-0.15, -0.1) is 0 Å². The minimum atomic E-state index is -0.371. The van der Waals surface area contributed by atoms with Crippen LogP contribution in [0.25, 0.3) is 0 Å². The van der Waals surface area contributed by atoms with Gasteiger partial charge in [0.15, 0.2) is 0 Å². The number of nitrogens with two attached hydrogens (primary N) is 1. The van der Waals surface area contributed by atoms with E-state index in [4.69, 9.17) is 10.5 Å². The molecule has 0 heterocycles. The van der Waals surface area contributed by atoms with Gasteiger partial charge in [0.05, 0.1) is 7.11 Å². The zero-order chi connectivity index (χ0) is 11.8. The monoisotopic (exact) mass is 271 g/mol. The third-order valence-corrected chi connectivity index (χ3v) is 3.13. The standard InChI is InChI=1S/C12H18BrNO/c1-7-6-9(13)10(12(3,4)14)8(2)11(7)15-5/h6H,14H2,1-5H3. The van der Waals surface area contributed by atoms with Crippen LogP contribution in [-0.2, 0) is 5.54 Å². The molecule has 1 aromatic rings. The molecule has 0 saturated carbocycles. The first-order valence-corrected chi connectivity index (χ1v) is 5.71. The van der Waals surface area contributed by atoms with Crippen molar-refractivity contribution in [2.75, 3.05) is 7.11 Å². The van der Waals surface area contributed by atoms with Gasteiger partial charge in [-0.1, -0.05) is 15.9 Å². The van der Waals surface area contributed by atoms with Crippen LogP contribution >= 0.6 is 15.9 Å². The number of hydrogen-bond acceptors (Lipinski definition) is 2. The zero-order valence-electron chi connectivity index (χ0n) is 9.94. The fourth-order valence-corrected chi connectivity index (χ4v) is 3.17. The summed E-state index contributed by atoms with van der Waals surface area (Å²) in [4.78, 5) is 0. The van der Waals surface area contributed by atoms with E-state index in [0.717, 1.165) is 26.9 Å². The molecule has 0 amide bonds. The van der Waals surface area contributed by atoms with E-state index in [9.17, 15) is 0 Å². The lowest BCUT2D eigenvalue weighted by Gasteiger charge is -2.25. The van der Waals surface area contributed by atoms with Gasteiger partial charge in [-0.2, -0.15) is 0 Å². The minimum absolute atomic E-state index is 0.371. The number of methoxy groups -OCH3 is 1. The second-order valence-corrected chi connectivity index (χ2v) is 5.28. The van der Waals surface area contributed by atoms with E-state index >= 15 is 0 Å². The second-order valence-electron chi connectivity index (χ2n) is 4.43. The molecular weight excluding hydrogens is 254 g/mol. The van der Waals surface area contributed by atoms with Crippen LogP contribution in [0.15, 0.2) is 10.5 Å². The first-order valence-electron chi connectivity index (χ1n) is 4.92. The Morgan fingerprint density at radius 3 is 2.27 bits per heavy atom. The Morgan fingerprint density at radius 1 is 1.33 bits per heavy atom. The Labute approximate surface area is 99.9 Å². The second kappa shape index (κ2) is 4.14. The summed E-state index contributed by atoms with van der Waals surface area (Å²) in [6.45, 7) is 8.06. The molecule has 0 aliphatic rings. The molecule has 3 heteroatoms.